The second-order valence-corrected chi connectivity index (χ2v) is 5.00. The van der Waals surface area contributed by atoms with E-state index in [2.05, 4.69) is 15.3 Å². The van der Waals surface area contributed by atoms with Crippen molar-refractivity contribution in [1.29, 1.82) is 0 Å². The molecule has 7 heteroatoms. The van der Waals surface area contributed by atoms with Gasteiger partial charge in [0.05, 0.1) is 0 Å². The molecule has 2 aromatic heterocycles. The van der Waals surface area contributed by atoms with E-state index in [0.717, 1.165) is 5.69 Å². The number of benzene rings is 1. The predicted octanol–water partition coefficient (Wildman–Crippen LogP) is 2.41. The molecule has 122 valence electrons. The average molecular weight is 326 g/mol. The first-order valence-corrected chi connectivity index (χ1v) is 7.21. The van der Waals surface area contributed by atoms with Crippen LogP contribution in [0.4, 0.5) is 4.39 Å². The fourth-order valence-electron chi connectivity index (χ4n) is 2.24. The number of nitrogens with zero attached hydrogens (tertiary/aromatic N) is 3. The van der Waals surface area contributed by atoms with Crippen LogP contribution in [0, 0.1) is 5.95 Å². The van der Waals surface area contributed by atoms with Gasteiger partial charge in [0, 0.05) is 30.8 Å². The first kappa shape index (κ1) is 15.8. The fraction of sp³-hybridized carbons (Fsp3) is 0.118. The summed E-state index contributed by atoms with van der Waals surface area (Å²) in [6, 6.07) is 10.6. The number of rotatable bonds is 5. The van der Waals surface area contributed by atoms with Crippen LogP contribution < -0.4 is 5.32 Å². The topological polar surface area (TPSA) is 69.0 Å². The molecule has 0 saturated heterocycles. The Morgan fingerprint density at radius 3 is 2.96 bits per heavy atom. The van der Waals surface area contributed by atoms with Gasteiger partial charge >= 0.3 is 0 Å². The standard InChI is InChI=1S/C17H15FN4O2/c1-24-11-21-17(23)15-9-22(10-20-15)13-5-2-4-12(8-13)14-6-3-7-19-16(14)18/h2-10H,11H2,1H3,(H,21,23). The van der Waals surface area contributed by atoms with Gasteiger partial charge in [-0.3, -0.25) is 4.79 Å². The fourth-order valence-corrected chi connectivity index (χ4v) is 2.24. The number of carbonyl (C=O) groups excluding carboxylic acids is 1. The third kappa shape index (κ3) is 3.31. The zero-order valence-corrected chi connectivity index (χ0v) is 12.9. The van der Waals surface area contributed by atoms with Crippen LogP contribution in [-0.4, -0.2) is 34.3 Å². The van der Waals surface area contributed by atoms with E-state index in [0.29, 0.717) is 11.1 Å². The molecule has 0 bridgehead atoms. The molecule has 0 radical (unpaired) electrons. The van der Waals surface area contributed by atoms with Crippen molar-refractivity contribution in [2.24, 2.45) is 0 Å². The lowest BCUT2D eigenvalue weighted by molar-refractivity contribution is 0.0867. The van der Waals surface area contributed by atoms with Crippen LogP contribution >= 0.6 is 0 Å². The molecule has 0 atom stereocenters. The Bertz CT molecular complexity index is 863. The Hall–Kier alpha value is -3.06. The summed E-state index contributed by atoms with van der Waals surface area (Å²) >= 11 is 0. The second kappa shape index (κ2) is 7.01. The number of ether oxygens (including phenoxy) is 1. The molecule has 2 heterocycles. The third-order valence-electron chi connectivity index (χ3n) is 3.41. The Kier molecular flexibility index (Phi) is 4.62. The summed E-state index contributed by atoms with van der Waals surface area (Å²) in [5, 5.41) is 2.56. The number of amides is 1. The number of halogens is 1. The monoisotopic (exact) mass is 326 g/mol. The maximum absolute atomic E-state index is 13.8. The van der Waals surface area contributed by atoms with Crippen molar-refractivity contribution in [3.63, 3.8) is 0 Å². The van der Waals surface area contributed by atoms with Crippen LogP contribution in [-0.2, 0) is 4.74 Å². The van der Waals surface area contributed by atoms with Crippen LogP contribution in [0.15, 0.2) is 55.1 Å². The molecule has 3 rings (SSSR count). The van der Waals surface area contributed by atoms with Crippen LogP contribution in [0.1, 0.15) is 10.5 Å². The number of carbonyl (C=O) groups is 1. The van der Waals surface area contributed by atoms with Crippen molar-refractivity contribution < 1.29 is 13.9 Å². The van der Waals surface area contributed by atoms with Crippen molar-refractivity contribution in [2.45, 2.75) is 0 Å². The summed E-state index contributed by atoms with van der Waals surface area (Å²) in [5.41, 5.74) is 2.13. The molecule has 1 amide bonds. The van der Waals surface area contributed by atoms with Gasteiger partial charge in [-0.15, -0.1) is 0 Å². The van der Waals surface area contributed by atoms with Gasteiger partial charge in [-0.1, -0.05) is 12.1 Å². The summed E-state index contributed by atoms with van der Waals surface area (Å²) in [6.07, 6.45) is 4.54. The van der Waals surface area contributed by atoms with Gasteiger partial charge in [0.25, 0.3) is 5.91 Å². The Balaban J connectivity index is 1.89. The van der Waals surface area contributed by atoms with Crippen LogP contribution in [0.25, 0.3) is 16.8 Å². The van der Waals surface area contributed by atoms with E-state index in [4.69, 9.17) is 4.74 Å². The largest absolute Gasteiger partial charge is 0.364 e. The van der Waals surface area contributed by atoms with E-state index in [9.17, 15) is 9.18 Å². The van der Waals surface area contributed by atoms with E-state index in [1.54, 1.807) is 35.0 Å². The lowest BCUT2D eigenvalue weighted by Gasteiger charge is -2.06. The maximum atomic E-state index is 13.8. The van der Waals surface area contributed by atoms with E-state index >= 15 is 0 Å². The van der Waals surface area contributed by atoms with Crippen molar-refractivity contribution in [1.82, 2.24) is 19.9 Å². The highest BCUT2D eigenvalue weighted by atomic mass is 19.1. The molecule has 0 aliphatic carbocycles. The zero-order valence-electron chi connectivity index (χ0n) is 12.9. The SMILES string of the molecule is COCNC(=O)c1cn(-c2cccc(-c3cccnc3F)c2)cn1. The predicted molar refractivity (Wildman–Crippen MR) is 86.1 cm³/mol. The molecular weight excluding hydrogens is 311 g/mol. The zero-order chi connectivity index (χ0) is 16.9. The van der Waals surface area contributed by atoms with Gasteiger partial charge in [-0.05, 0) is 29.8 Å². The minimum Gasteiger partial charge on any atom is -0.364 e. The van der Waals surface area contributed by atoms with E-state index in [-0.39, 0.29) is 18.3 Å². The minimum absolute atomic E-state index is 0.113. The molecule has 3 aromatic rings. The molecule has 0 aliphatic heterocycles. The van der Waals surface area contributed by atoms with Gasteiger partial charge in [-0.25, -0.2) is 9.97 Å². The number of nitrogens with one attached hydrogen (secondary N) is 1. The molecule has 6 nitrogen and oxygen atoms in total. The Labute approximate surface area is 137 Å². The molecule has 0 spiro atoms. The molecular formula is C17H15FN4O2. The first-order valence-electron chi connectivity index (χ1n) is 7.21. The number of imidazole rings is 1. The molecule has 0 aliphatic rings. The molecule has 1 aromatic carbocycles. The summed E-state index contributed by atoms with van der Waals surface area (Å²) < 4.78 is 20.3. The van der Waals surface area contributed by atoms with Crippen LogP contribution in [0.3, 0.4) is 0 Å². The Morgan fingerprint density at radius 1 is 1.29 bits per heavy atom. The number of methoxy groups -OCH3 is 1. The van der Waals surface area contributed by atoms with E-state index in [1.807, 2.05) is 12.1 Å². The average Bonchev–Trinajstić information content (AvgIpc) is 3.10. The van der Waals surface area contributed by atoms with Crippen molar-refractivity contribution in [3.8, 4) is 16.8 Å². The molecule has 0 saturated carbocycles. The minimum atomic E-state index is -0.528. The number of aromatic nitrogens is 3. The molecule has 1 N–H and O–H groups in total. The van der Waals surface area contributed by atoms with Gasteiger partial charge in [0.1, 0.15) is 18.8 Å². The number of hydrogen-bond acceptors (Lipinski definition) is 4. The summed E-state index contributed by atoms with van der Waals surface area (Å²) in [5.74, 6) is -0.857. The second-order valence-electron chi connectivity index (χ2n) is 5.00. The Morgan fingerprint density at radius 2 is 2.17 bits per heavy atom. The smallest absolute Gasteiger partial charge is 0.273 e. The van der Waals surface area contributed by atoms with Crippen molar-refractivity contribution in [2.75, 3.05) is 13.8 Å². The highest BCUT2D eigenvalue weighted by Gasteiger charge is 2.11. The van der Waals surface area contributed by atoms with E-state index < -0.39 is 5.95 Å². The van der Waals surface area contributed by atoms with Crippen molar-refractivity contribution in [3.05, 3.63) is 66.8 Å². The number of hydrogen-bond donors (Lipinski definition) is 1. The molecule has 0 fully saturated rings. The third-order valence-corrected chi connectivity index (χ3v) is 3.41. The normalized spacial score (nSPS) is 10.6. The molecule has 0 unspecified atom stereocenters. The summed E-state index contributed by atoms with van der Waals surface area (Å²) in [4.78, 5) is 19.6. The first-order chi connectivity index (χ1) is 11.7. The van der Waals surface area contributed by atoms with Gasteiger partial charge in [-0.2, -0.15) is 4.39 Å². The van der Waals surface area contributed by atoms with Gasteiger partial charge in [0.2, 0.25) is 5.95 Å². The highest BCUT2D eigenvalue weighted by molar-refractivity contribution is 5.92. The van der Waals surface area contributed by atoms with E-state index in [1.165, 1.54) is 19.6 Å². The van der Waals surface area contributed by atoms with Crippen LogP contribution in [0.2, 0.25) is 0 Å². The van der Waals surface area contributed by atoms with Gasteiger partial charge < -0.3 is 14.6 Å². The van der Waals surface area contributed by atoms with Gasteiger partial charge in [0.15, 0.2) is 0 Å². The maximum Gasteiger partial charge on any atom is 0.273 e. The highest BCUT2D eigenvalue weighted by Crippen LogP contribution is 2.23. The quantitative estimate of drug-likeness (QED) is 0.577. The summed E-state index contributed by atoms with van der Waals surface area (Å²) in [6.45, 7) is 0.113. The summed E-state index contributed by atoms with van der Waals surface area (Å²) in [7, 11) is 1.49. The number of pyridine rings is 1. The van der Waals surface area contributed by atoms with Crippen LogP contribution in [0.5, 0.6) is 0 Å². The lowest BCUT2D eigenvalue weighted by atomic mass is 10.1. The van der Waals surface area contributed by atoms with Crippen molar-refractivity contribution >= 4 is 5.91 Å². The molecule has 24 heavy (non-hydrogen) atoms. The lowest BCUT2D eigenvalue weighted by Crippen LogP contribution is -2.25.